The van der Waals surface area contributed by atoms with E-state index in [-0.39, 0.29) is 5.69 Å². The molecule has 0 saturated carbocycles. The summed E-state index contributed by atoms with van der Waals surface area (Å²) < 4.78 is 60.6. The second-order valence-corrected chi connectivity index (χ2v) is 5.49. The van der Waals surface area contributed by atoms with Gasteiger partial charge in [0.1, 0.15) is 6.04 Å². The van der Waals surface area contributed by atoms with Gasteiger partial charge in [0, 0.05) is 5.69 Å². The number of halogens is 3. The molecule has 20 heavy (non-hydrogen) atoms. The maximum absolute atomic E-state index is 12.8. The van der Waals surface area contributed by atoms with Crippen LogP contribution in [0.25, 0.3) is 0 Å². The van der Waals surface area contributed by atoms with Crippen molar-refractivity contribution in [1.82, 2.24) is 0 Å². The third kappa shape index (κ3) is 3.84. The molecule has 1 atom stereocenters. The van der Waals surface area contributed by atoms with E-state index in [0.29, 0.717) is 12.1 Å². The highest BCUT2D eigenvalue weighted by atomic mass is 32.2. The van der Waals surface area contributed by atoms with Crippen LogP contribution in [0.15, 0.2) is 23.1 Å². The van der Waals surface area contributed by atoms with E-state index in [1.54, 1.807) is 0 Å². The number of alkyl halides is 3. The number of rotatable bonds is 4. The zero-order valence-corrected chi connectivity index (χ0v) is 10.9. The fourth-order valence-electron chi connectivity index (χ4n) is 1.40. The molecule has 0 heterocycles. The van der Waals surface area contributed by atoms with Crippen LogP contribution in [0.3, 0.4) is 0 Å². The normalized spacial score (nSPS) is 13.8. The minimum Gasteiger partial charge on any atom is -0.480 e. The zero-order valence-electron chi connectivity index (χ0n) is 10.1. The van der Waals surface area contributed by atoms with E-state index in [1.807, 2.05) is 0 Å². The molecule has 0 aliphatic heterocycles. The van der Waals surface area contributed by atoms with Gasteiger partial charge in [-0.05, 0) is 25.1 Å². The molecule has 0 amide bonds. The van der Waals surface area contributed by atoms with Crippen molar-refractivity contribution in [2.45, 2.75) is 24.0 Å². The molecular weight excluding hydrogens is 301 g/mol. The van der Waals surface area contributed by atoms with Crippen LogP contribution < -0.4 is 10.5 Å². The van der Waals surface area contributed by atoms with E-state index in [2.05, 4.69) is 5.32 Å². The summed E-state index contributed by atoms with van der Waals surface area (Å²) >= 11 is 0. The van der Waals surface area contributed by atoms with E-state index in [1.165, 1.54) is 6.92 Å². The van der Waals surface area contributed by atoms with E-state index in [9.17, 15) is 26.4 Å². The number of anilines is 1. The lowest BCUT2D eigenvalue weighted by atomic mass is 10.2. The standard InChI is InChI=1S/C10H11F3N2O4S/c1-5(9(16)17)15-6-2-3-8(20(14,18)19)7(4-6)10(11,12)13/h2-5,15H,1H3,(H,16,17)(H2,14,18,19). The summed E-state index contributed by atoms with van der Waals surface area (Å²) in [7, 11) is -4.54. The predicted octanol–water partition coefficient (Wildman–Crippen LogP) is 1.24. The quantitative estimate of drug-likeness (QED) is 0.775. The highest BCUT2D eigenvalue weighted by Gasteiger charge is 2.36. The Hall–Kier alpha value is -1.81. The number of primary sulfonamides is 1. The number of nitrogens with one attached hydrogen (secondary N) is 1. The Bertz CT molecular complexity index is 628. The van der Waals surface area contributed by atoms with Crippen molar-refractivity contribution in [2.75, 3.05) is 5.32 Å². The number of aliphatic carboxylic acids is 1. The first-order chi connectivity index (χ1) is 8.93. The van der Waals surface area contributed by atoms with E-state index in [4.69, 9.17) is 10.2 Å². The van der Waals surface area contributed by atoms with E-state index < -0.39 is 38.7 Å². The largest absolute Gasteiger partial charge is 0.480 e. The average Bonchev–Trinajstić information content (AvgIpc) is 2.26. The van der Waals surface area contributed by atoms with Crippen molar-refractivity contribution in [2.24, 2.45) is 5.14 Å². The monoisotopic (exact) mass is 312 g/mol. The fraction of sp³-hybridized carbons (Fsp3) is 0.300. The van der Waals surface area contributed by atoms with Gasteiger partial charge < -0.3 is 10.4 Å². The fourth-order valence-corrected chi connectivity index (χ4v) is 2.14. The summed E-state index contributed by atoms with van der Waals surface area (Å²) in [5, 5.41) is 15.7. The first-order valence-electron chi connectivity index (χ1n) is 5.16. The van der Waals surface area contributed by atoms with Crippen molar-refractivity contribution < 1.29 is 31.5 Å². The van der Waals surface area contributed by atoms with Crippen molar-refractivity contribution >= 4 is 21.7 Å². The highest BCUT2D eigenvalue weighted by Crippen LogP contribution is 2.35. The SMILES string of the molecule is CC(Nc1ccc(S(N)(=O)=O)c(C(F)(F)F)c1)C(=O)O. The summed E-state index contributed by atoms with van der Waals surface area (Å²) in [6, 6.07) is 1.04. The van der Waals surface area contributed by atoms with Crippen molar-refractivity contribution in [3.63, 3.8) is 0 Å². The van der Waals surface area contributed by atoms with Crippen molar-refractivity contribution in [3.8, 4) is 0 Å². The van der Waals surface area contributed by atoms with Gasteiger partial charge in [-0.3, -0.25) is 4.79 Å². The lowest BCUT2D eigenvalue weighted by Gasteiger charge is -2.15. The van der Waals surface area contributed by atoms with Gasteiger partial charge in [-0.2, -0.15) is 13.2 Å². The van der Waals surface area contributed by atoms with Gasteiger partial charge in [-0.25, -0.2) is 13.6 Å². The molecular formula is C10H11F3N2O4S. The molecule has 0 aliphatic carbocycles. The first-order valence-corrected chi connectivity index (χ1v) is 6.71. The molecule has 6 nitrogen and oxygen atoms in total. The van der Waals surface area contributed by atoms with E-state index in [0.717, 1.165) is 6.07 Å². The van der Waals surface area contributed by atoms with Crippen molar-refractivity contribution in [3.05, 3.63) is 23.8 Å². The third-order valence-corrected chi connectivity index (χ3v) is 3.31. The Morgan fingerprint density at radius 2 is 1.95 bits per heavy atom. The predicted molar refractivity (Wildman–Crippen MR) is 63.5 cm³/mol. The molecule has 10 heteroatoms. The molecule has 4 N–H and O–H groups in total. The molecule has 112 valence electrons. The van der Waals surface area contributed by atoms with Crippen LogP contribution in [0, 0.1) is 0 Å². The number of carbonyl (C=O) groups is 1. The topological polar surface area (TPSA) is 109 Å². The maximum atomic E-state index is 12.8. The summed E-state index contributed by atoms with van der Waals surface area (Å²) in [4.78, 5) is 9.54. The Labute approximate surface area is 112 Å². The van der Waals surface area contributed by atoms with Gasteiger partial charge in [-0.15, -0.1) is 0 Å². The van der Waals surface area contributed by atoms with Crippen LogP contribution in [0.5, 0.6) is 0 Å². The Morgan fingerprint density at radius 1 is 1.40 bits per heavy atom. The van der Waals surface area contributed by atoms with Crippen LogP contribution in [0.1, 0.15) is 12.5 Å². The molecule has 0 radical (unpaired) electrons. The molecule has 0 aliphatic rings. The first kappa shape index (κ1) is 16.2. The number of hydrogen-bond donors (Lipinski definition) is 3. The van der Waals surface area contributed by atoms with Crippen LogP contribution >= 0.6 is 0 Å². The van der Waals surface area contributed by atoms with Gasteiger partial charge in [0.25, 0.3) is 0 Å². The lowest BCUT2D eigenvalue weighted by Crippen LogP contribution is -2.26. The second kappa shape index (κ2) is 5.29. The van der Waals surface area contributed by atoms with Crippen molar-refractivity contribution in [1.29, 1.82) is 0 Å². The molecule has 0 spiro atoms. The molecule has 1 unspecified atom stereocenters. The maximum Gasteiger partial charge on any atom is 0.417 e. The summed E-state index contributed by atoms with van der Waals surface area (Å²) in [5.41, 5.74) is -1.64. The lowest BCUT2D eigenvalue weighted by molar-refractivity contribution is -0.140. The van der Waals surface area contributed by atoms with Gasteiger partial charge in [0.15, 0.2) is 0 Å². The van der Waals surface area contributed by atoms with E-state index >= 15 is 0 Å². The van der Waals surface area contributed by atoms with Crippen LogP contribution in [-0.4, -0.2) is 25.5 Å². The van der Waals surface area contributed by atoms with Gasteiger partial charge >= 0.3 is 12.1 Å². The molecule has 0 bridgehead atoms. The summed E-state index contributed by atoms with van der Waals surface area (Å²) in [5.74, 6) is -1.27. The van der Waals surface area contributed by atoms with Crippen LogP contribution in [-0.2, 0) is 21.0 Å². The summed E-state index contributed by atoms with van der Waals surface area (Å²) in [6.45, 7) is 1.23. The Morgan fingerprint density at radius 3 is 2.35 bits per heavy atom. The number of benzene rings is 1. The molecule has 0 aromatic heterocycles. The molecule has 1 rings (SSSR count). The molecule has 0 fully saturated rings. The molecule has 0 saturated heterocycles. The minimum atomic E-state index is -4.94. The summed E-state index contributed by atoms with van der Waals surface area (Å²) in [6.07, 6.45) is -4.94. The average molecular weight is 312 g/mol. The smallest absolute Gasteiger partial charge is 0.417 e. The number of hydrogen-bond acceptors (Lipinski definition) is 4. The molecule has 1 aromatic rings. The second-order valence-electron chi connectivity index (χ2n) is 3.96. The van der Waals surface area contributed by atoms with Gasteiger partial charge in [0.05, 0.1) is 10.5 Å². The minimum absolute atomic E-state index is 0.181. The van der Waals surface area contributed by atoms with Crippen LogP contribution in [0.4, 0.5) is 18.9 Å². The highest BCUT2D eigenvalue weighted by molar-refractivity contribution is 7.89. The number of sulfonamides is 1. The number of carboxylic acid groups (broad SMARTS) is 1. The van der Waals surface area contributed by atoms with Gasteiger partial charge in [-0.1, -0.05) is 0 Å². The Balaban J connectivity index is 3.33. The zero-order chi connectivity index (χ0) is 15.7. The van der Waals surface area contributed by atoms with Gasteiger partial charge in [0.2, 0.25) is 10.0 Å². The Kier molecular flexibility index (Phi) is 4.30. The van der Waals surface area contributed by atoms with Crippen LogP contribution in [0.2, 0.25) is 0 Å². The number of nitrogens with two attached hydrogens (primary N) is 1. The molecule has 1 aromatic carbocycles. The third-order valence-electron chi connectivity index (χ3n) is 2.35. The number of carboxylic acids is 1.